The third-order valence-electron chi connectivity index (χ3n) is 2.75. The van der Waals surface area contributed by atoms with Gasteiger partial charge in [0.2, 0.25) is 0 Å². The van der Waals surface area contributed by atoms with Crippen molar-refractivity contribution < 1.29 is 0 Å². The fourth-order valence-electron chi connectivity index (χ4n) is 1.16. The zero-order valence-electron chi connectivity index (χ0n) is 8.93. The SMILES string of the molecule is CCC(C)(CC)NCc1ncc(Cl)s1. The molecule has 1 N–H and O–H groups in total. The lowest BCUT2D eigenvalue weighted by Gasteiger charge is -2.27. The maximum Gasteiger partial charge on any atom is 0.113 e. The van der Waals surface area contributed by atoms with Crippen LogP contribution in [0.5, 0.6) is 0 Å². The number of nitrogens with one attached hydrogen (secondary N) is 1. The molecule has 0 aliphatic heterocycles. The van der Waals surface area contributed by atoms with E-state index in [0.717, 1.165) is 28.7 Å². The van der Waals surface area contributed by atoms with Gasteiger partial charge in [0.05, 0.1) is 6.20 Å². The average Bonchev–Trinajstić information content (AvgIpc) is 2.61. The van der Waals surface area contributed by atoms with Crippen LogP contribution >= 0.6 is 22.9 Å². The van der Waals surface area contributed by atoms with Gasteiger partial charge in [-0.05, 0) is 19.8 Å². The van der Waals surface area contributed by atoms with Crippen LogP contribution in [0.1, 0.15) is 38.6 Å². The fourth-order valence-corrected chi connectivity index (χ4v) is 2.05. The average molecular weight is 233 g/mol. The molecule has 0 fully saturated rings. The molecule has 0 aliphatic rings. The van der Waals surface area contributed by atoms with Crippen molar-refractivity contribution in [2.45, 2.75) is 45.7 Å². The summed E-state index contributed by atoms with van der Waals surface area (Å²) >= 11 is 7.35. The van der Waals surface area contributed by atoms with E-state index < -0.39 is 0 Å². The molecule has 0 radical (unpaired) electrons. The first-order chi connectivity index (χ1) is 6.59. The quantitative estimate of drug-likeness (QED) is 0.841. The summed E-state index contributed by atoms with van der Waals surface area (Å²) in [7, 11) is 0. The largest absolute Gasteiger partial charge is 0.305 e. The third kappa shape index (κ3) is 3.23. The predicted molar refractivity (Wildman–Crippen MR) is 63.0 cm³/mol. The van der Waals surface area contributed by atoms with Crippen molar-refractivity contribution in [2.75, 3.05) is 0 Å². The van der Waals surface area contributed by atoms with Crippen molar-refractivity contribution in [3.05, 3.63) is 15.5 Å². The van der Waals surface area contributed by atoms with Crippen molar-refractivity contribution in [3.8, 4) is 0 Å². The predicted octanol–water partition coefficient (Wildman–Crippen LogP) is 3.46. The van der Waals surface area contributed by atoms with Gasteiger partial charge in [-0.2, -0.15) is 0 Å². The van der Waals surface area contributed by atoms with Crippen LogP contribution in [0.4, 0.5) is 0 Å². The fraction of sp³-hybridized carbons (Fsp3) is 0.700. The Balaban J connectivity index is 2.47. The Labute approximate surface area is 94.7 Å². The zero-order chi connectivity index (χ0) is 10.6. The molecule has 2 nitrogen and oxygen atoms in total. The Morgan fingerprint density at radius 3 is 2.57 bits per heavy atom. The minimum absolute atomic E-state index is 0.220. The second-order valence-electron chi connectivity index (χ2n) is 3.68. The lowest BCUT2D eigenvalue weighted by Crippen LogP contribution is -2.40. The van der Waals surface area contributed by atoms with Crippen LogP contribution in [0.3, 0.4) is 0 Å². The van der Waals surface area contributed by atoms with E-state index in [1.807, 2.05) is 0 Å². The Hall–Kier alpha value is -0.120. The highest BCUT2D eigenvalue weighted by atomic mass is 35.5. The van der Waals surface area contributed by atoms with Gasteiger partial charge in [-0.3, -0.25) is 0 Å². The first-order valence-electron chi connectivity index (χ1n) is 4.95. The van der Waals surface area contributed by atoms with Crippen LogP contribution in [0.2, 0.25) is 4.34 Å². The number of aromatic nitrogens is 1. The summed E-state index contributed by atoms with van der Waals surface area (Å²) in [5.74, 6) is 0. The highest BCUT2D eigenvalue weighted by molar-refractivity contribution is 7.15. The maximum absolute atomic E-state index is 5.81. The van der Waals surface area contributed by atoms with Gasteiger partial charge < -0.3 is 5.32 Å². The number of hydrogen-bond donors (Lipinski definition) is 1. The van der Waals surface area contributed by atoms with Crippen LogP contribution in [-0.2, 0) is 6.54 Å². The van der Waals surface area contributed by atoms with E-state index in [1.54, 1.807) is 17.5 Å². The molecule has 1 aromatic rings. The van der Waals surface area contributed by atoms with Crippen LogP contribution in [0.25, 0.3) is 0 Å². The normalized spacial score (nSPS) is 12.0. The Bertz CT molecular complexity index is 281. The standard InChI is InChI=1S/C10H17ClN2S/c1-4-10(3,5-2)13-7-9-12-6-8(11)14-9/h6,13H,4-5,7H2,1-3H3. The number of thiazole rings is 1. The molecular formula is C10H17ClN2S. The molecule has 0 aliphatic carbocycles. The summed E-state index contributed by atoms with van der Waals surface area (Å²) in [5.41, 5.74) is 0.220. The summed E-state index contributed by atoms with van der Waals surface area (Å²) < 4.78 is 0.761. The Morgan fingerprint density at radius 1 is 1.50 bits per heavy atom. The molecule has 0 atom stereocenters. The second kappa shape index (κ2) is 5.10. The molecule has 0 spiro atoms. The van der Waals surface area contributed by atoms with E-state index in [4.69, 9.17) is 11.6 Å². The molecule has 1 rings (SSSR count). The van der Waals surface area contributed by atoms with Crippen molar-refractivity contribution >= 4 is 22.9 Å². The van der Waals surface area contributed by atoms with E-state index in [0.29, 0.717) is 0 Å². The molecule has 0 saturated heterocycles. The van der Waals surface area contributed by atoms with Gasteiger partial charge in [-0.1, -0.05) is 25.4 Å². The molecule has 4 heteroatoms. The molecule has 80 valence electrons. The van der Waals surface area contributed by atoms with E-state index >= 15 is 0 Å². The third-order valence-corrected chi connectivity index (χ3v) is 3.87. The first-order valence-corrected chi connectivity index (χ1v) is 6.14. The maximum atomic E-state index is 5.81. The van der Waals surface area contributed by atoms with Crippen LogP contribution in [0.15, 0.2) is 6.20 Å². The molecule has 1 heterocycles. The summed E-state index contributed by atoms with van der Waals surface area (Å²) in [4.78, 5) is 4.21. The summed E-state index contributed by atoms with van der Waals surface area (Å²) in [6.45, 7) is 7.45. The minimum atomic E-state index is 0.220. The molecule has 14 heavy (non-hydrogen) atoms. The smallest absolute Gasteiger partial charge is 0.113 e. The van der Waals surface area contributed by atoms with Gasteiger partial charge in [0.15, 0.2) is 0 Å². The molecule has 0 saturated carbocycles. The van der Waals surface area contributed by atoms with Gasteiger partial charge in [0.1, 0.15) is 9.34 Å². The molecule has 0 amide bonds. The van der Waals surface area contributed by atoms with Crippen molar-refractivity contribution in [1.82, 2.24) is 10.3 Å². The topological polar surface area (TPSA) is 24.9 Å². The van der Waals surface area contributed by atoms with Gasteiger partial charge in [0.25, 0.3) is 0 Å². The lowest BCUT2D eigenvalue weighted by molar-refractivity contribution is 0.329. The number of hydrogen-bond acceptors (Lipinski definition) is 3. The molecule has 0 unspecified atom stereocenters. The molecule has 0 aromatic carbocycles. The minimum Gasteiger partial charge on any atom is -0.305 e. The number of nitrogens with zero attached hydrogens (tertiary/aromatic N) is 1. The van der Waals surface area contributed by atoms with Crippen molar-refractivity contribution in [1.29, 1.82) is 0 Å². The van der Waals surface area contributed by atoms with E-state index in [-0.39, 0.29) is 5.54 Å². The van der Waals surface area contributed by atoms with Crippen LogP contribution in [-0.4, -0.2) is 10.5 Å². The molecule has 0 bridgehead atoms. The Kier molecular flexibility index (Phi) is 4.35. The van der Waals surface area contributed by atoms with E-state index in [9.17, 15) is 0 Å². The highest BCUT2D eigenvalue weighted by Crippen LogP contribution is 2.20. The highest BCUT2D eigenvalue weighted by Gasteiger charge is 2.18. The second-order valence-corrected chi connectivity index (χ2v) is 5.43. The van der Waals surface area contributed by atoms with Gasteiger partial charge in [-0.15, -0.1) is 11.3 Å². The zero-order valence-corrected chi connectivity index (χ0v) is 10.5. The summed E-state index contributed by atoms with van der Waals surface area (Å²) in [6.07, 6.45) is 3.96. The lowest BCUT2D eigenvalue weighted by atomic mass is 9.96. The van der Waals surface area contributed by atoms with Crippen molar-refractivity contribution in [3.63, 3.8) is 0 Å². The van der Waals surface area contributed by atoms with Gasteiger partial charge in [-0.25, -0.2) is 4.98 Å². The monoisotopic (exact) mass is 232 g/mol. The van der Waals surface area contributed by atoms with Gasteiger partial charge >= 0.3 is 0 Å². The van der Waals surface area contributed by atoms with Crippen molar-refractivity contribution in [2.24, 2.45) is 0 Å². The first kappa shape index (κ1) is 12.0. The van der Waals surface area contributed by atoms with Crippen LogP contribution in [0, 0.1) is 0 Å². The molecular weight excluding hydrogens is 216 g/mol. The van der Waals surface area contributed by atoms with Gasteiger partial charge in [0, 0.05) is 12.1 Å². The molecule has 1 aromatic heterocycles. The van der Waals surface area contributed by atoms with E-state index in [1.165, 1.54) is 0 Å². The van der Waals surface area contributed by atoms with Crippen LogP contribution < -0.4 is 5.32 Å². The summed E-state index contributed by atoms with van der Waals surface area (Å²) in [6, 6.07) is 0. The number of halogens is 1. The van der Waals surface area contributed by atoms with E-state index in [2.05, 4.69) is 31.1 Å². The Morgan fingerprint density at radius 2 is 2.14 bits per heavy atom. The summed E-state index contributed by atoms with van der Waals surface area (Å²) in [5, 5.41) is 4.57. The number of rotatable bonds is 5.